The lowest BCUT2D eigenvalue weighted by atomic mass is 10.1. The normalized spacial score (nSPS) is 10.4. The molecule has 1 N–H and O–H groups in total. The molecule has 1 aromatic carbocycles. The first-order valence-electron chi connectivity index (χ1n) is 4.30. The SMILES string of the molecule is O=Cc1ccc(F)c([N+](=O)[O-])c1/C=C/C(=O)O. The van der Waals surface area contributed by atoms with Crippen molar-refractivity contribution in [3.63, 3.8) is 0 Å². The third-order valence-electron chi connectivity index (χ3n) is 1.90. The van der Waals surface area contributed by atoms with Gasteiger partial charge in [0.05, 0.1) is 10.5 Å². The number of nitrogens with zero attached hydrogens (tertiary/aromatic N) is 1. The molecule has 0 saturated heterocycles. The van der Waals surface area contributed by atoms with E-state index in [1.54, 1.807) is 0 Å². The zero-order valence-electron chi connectivity index (χ0n) is 8.29. The number of rotatable bonds is 4. The van der Waals surface area contributed by atoms with E-state index in [9.17, 15) is 24.1 Å². The van der Waals surface area contributed by atoms with Gasteiger partial charge in [-0.2, -0.15) is 4.39 Å². The van der Waals surface area contributed by atoms with E-state index in [-0.39, 0.29) is 17.4 Å². The molecule has 0 amide bonds. The summed E-state index contributed by atoms with van der Waals surface area (Å²) in [5, 5.41) is 19.0. The first-order chi connectivity index (χ1) is 7.97. The summed E-state index contributed by atoms with van der Waals surface area (Å²) in [5.41, 5.74) is -1.45. The average Bonchev–Trinajstić information content (AvgIpc) is 2.25. The second-order valence-electron chi connectivity index (χ2n) is 2.95. The van der Waals surface area contributed by atoms with Gasteiger partial charge in [0, 0.05) is 11.6 Å². The fraction of sp³-hybridized carbons (Fsp3) is 0. The Kier molecular flexibility index (Phi) is 3.66. The molecule has 0 saturated carbocycles. The Morgan fingerprint density at radius 3 is 2.59 bits per heavy atom. The minimum atomic E-state index is -1.36. The van der Waals surface area contributed by atoms with Crippen LogP contribution in [0.2, 0.25) is 0 Å². The van der Waals surface area contributed by atoms with Crippen LogP contribution in [0.25, 0.3) is 6.08 Å². The van der Waals surface area contributed by atoms with Crippen LogP contribution in [0.1, 0.15) is 15.9 Å². The molecule has 0 unspecified atom stereocenters. The summed E-state index contributed by atoms with van der Waals surface area (Å²) >= 11 is 0. The van der Waals surface area contributed by atoms with Gasteiger partial charge < -0.3 is 5.11 Å². The first kappa shape index (κ1) is 12.5. The predicted molar refractivity (Wildman–Crippen MR) is 55.1 cm³/mol. The highest BCUT2D eigenvalue weighted by atomic mass is 19.1. The molecule has 7 heteroatoms. The molecule has 1 rings (SSSR count). The summed E-state index contributed by atoms with van der Waals surface area (Å²) < 4.78 is 13.2. The number of carboxylic acid groups (broad SMARTS) is 1. The van der Waals surface area contributed by atoms with Gasteiger partial charge in [-0.25, -0.2) is 4.79 Å². The Balaban J connectivity index is 3.50. The minimum absolute atomic E-state index is 0.157. The molecule has 0 fully saturated rings. The maximum atomic E-state index is 13.2. The van der Waals surface area contributed by atoms with E-state index < -0.39 is 22.4 Å². The van der Waals surface area contributed by atoms with E-state index in [1.165, 1.54) is 0 Å². The second kappa shape index (κ2) is 4.97. The molecule has 88 valence electrons. The van der Waals surface area contributed by atoms with Crippen molar-refractivity contribution < 1.29 is 24.0 Å². The fourth-order valence-electron chi connectivity index (χ4n) is 1.22. The third-order valence-corrected chi connectivity index (χ3v) is 1.90. The van der Waals surface area contributed by atoms with Gasteiger partial charge in [-0.15, -0.1) is 0 Å². The van der Waals surface area contributed by atoms with Gasteiger partial charge in [-0.3, -0.25) is 14.9 Å². The zero-order valence-corrected chi connectivity index (χ0v) is 8.29. The van der Waals surface area contributed by atoms with E-state index in [0.29, 0.717) is 6.08 Å². The number of hydrogen-bond donors (Lipinski definition) is 1. The summed E-state index contributed by atoms with van der Waals surface area (Å²) in [6.45, 7) is 0. The van der Waals surface area contributed by atoms with Crippen molar-refractivity contribution in [2.75, 3.05) is 0 Å². The van der Waals surface area contributed by atoms with Crippen molar-refractivity contribution in [2.24, 2.45) is 0 Å². The molecule has 6 nitrogen and oxygen atoms in total. The van der Waals surface area contributed by atoms with Crippen molar-refractivity contribution in [1.29, 1.82) is 0 Å². The maximum absolute atomic E-state index is 13.2. The van der Waals surface area contributed by atoms with Crippen LogP contribution < -0.4 is 0 Å². The van der Waals surface area contributed by atoms with Gasteiger partial charge >= 0.3 is 11.7 Å². The van der Waals surface area contributed by atoms with E-state index in [4.69, 9.17) is 5.11 Å². The van der Waals surface area contributed by atoms with Crippen LogP contribution in [0.3, 0.4) is 0 Å². The van der Waals surface area contributed by atoms with Gasteiger partial charge in [0.2, 0.25) is 5.82 Å². The highest BCUT2D eigenvalue weighted by Crippen LogP contribution is 2.26. The lowest BCUT2D eigenvalue weighted by molar-refractivity contribution is -0.387. The Bertz CT molecular complexity index is 524. The highest BCUT2D eigenvalue weighted by Gasteiger charge is 2.21. The number of aldehydes is 1. The lowest BCUT2D eigenvalue weighted by Crippen LogP contribution is -2.00. The van der Waals surface area contributed by atoms with Crippen LogP contribution in [-0.2, 0) is 4.79 Å². The van der Waals surface area contributed by atoms with Gasteiger partial charge in [-0.1, -0.05) is 0 Å². The van der Waals surface area contributed by atoms with E-state index in [0.717, 1.165) is 18.2 Å². The van der Waals surface area contributed by atoms with Crippen LogP contribution >= 0.6 is 0 Å². The molecular formula is C10H6FNO5. The Morgan fingerprint density at radius 2 is 2.12 bits per heavy atom. The average molecular weight is 239 g/mol. The molecule has 0 aliphatic rings. The van der Waals surface area contributed by atoms with Crippen LogP contribution in [-0.4, -0.2) is 22.3 Å². The number of nitro benzene ring substituents is 1. The minimum Gasteiger partial charge on any atom is -0.478 e. The first-order valence-corrected chi connectivity index (χ1v) is 4.30. The number of benzene rings is 1. The number of nitro groups is 1. The van der Waals surface area contributed by atoms with Crippen LogP contribution in [0.4, 0.5) is 10.1 Å². The summed E-state index contributed by atoms with van der Waals surface area (Å²) in [6, 6.07) is 1.82. The molecule has 0 aliphatic heterocycles. The molecule has 0 heterocycles. The summed E-state index contributed by atoms with van der Waals surface area (Å²) in [5.74, 6) is -2.49. The molecule has 0 radical (unpaired) electrons. The van der Waals surface area contributed by atoms with Gasteiger partial charge in [0.1, 0.15) is 0 Å². The van der Waals surface area contributed by atoms with Gasteiger partial charge in [0.15, 0.2) is 6.29 Å². The Morgan fingerprint density at radius 1 is 1.47 bits per heavy atom. The van der Waals surface area contributed by atoms with E-state index >= 15 is 0 Å². The standard InChI is InChI=1S/C10H6FNO5/c11-8-3-1-6(5-13)7(2-4-9(14)15)10(8)12(16)17/h1-5H,(H,14,15)/b4-2+. The number of halogens is 1. The number of carbonyl (C=O) groups is 2. The number of aliphatic carboxylic acids is 1. The predicted octanol–water partition coefficient (Wildman–Crippen LogP) is 1.64. The third kappa shape index (κ3) is 2.71. The molecule has 1 aromatic rings. The van der Waals surface area contributed by atoms with E-state index in [1.807, 2.05) is 0 Å². The lowest BCUT2D eigenvalue weighted by Gasteiger charge is -2.01. The van der Waals surface area contributed by atoms with Gasteiger partial charge in [-0.05, 0) is 18.2 Å². The maximum Gasteiger partial charge on any atom is 0.328 e. The summed E-state index contributed by atoms with van der Waals surface area (Å²) in [7, 11) is 0. The monoisotopic (exact) mass is 239 g/mol. The molecule has 0 bridgehead atoms. The second-order valence-corrected chi connectivity index (χ2v) is 2.95. The van der Waals surface area contributed by atoms with Crippen molar-refractivity contribution in [3.8, 4) is 0 Å². The Hall–Kier alpha value is -2.57. The molecular weight excluding hydrogens is 233 g/mol. The van der Waals surface area contributed by atoms with Crippen molar-refractivity contribution in [2.45, 2.75) is 0 Å². The number of carboxylic acids is 1. The molecule has 0 atom stereocenters. The smallest absolute Gasteiger partial charge is 0.328 e. The van der Waals surface area contributed by atoms with Crippen LogP contribution in [0, 0.1) is 15.9 Å². The topological polar surface area (TPSA) is 97.5 Å². The Labute approximate surface area is 94.1 Å². The van der Waals surface area contributed by atoms with Crippen LogP contribution in [0.15, 0.2) is 18.2 Å². The van der Waals surface area contributed by atoms with Crippen molar-refractivity contribution in [1.82, 2.24) is 0 Å². The molecule has 0 spiro atoms. The van der Waals surface area contributed by atoms with Crippen LogP contribution in [0.5, 0.6) is 0 Å². The summed E-state index contributed by atoms with van der Waals surface area (Å²) in [6.07, 6.45) is 1.69. The molecule has 17 heavy (non-hydrogen) atoms. The molecule has 0 aromatic heterocycles. The fourth-order valence-corrected chi connectivity index (χ4v) is 1.22. The van der Waals surface area contributed by atoms with Gasteiger partial charge in [0.25, 0.3) is 0 Å². The number of hydrogen-bond acceptors (Lipinski definition) is 4. The molecule has 0 aliphatic carbocycles. The van der Waals surface area contributed by atoms with Crippen molar-refractivity contribution >= 4 is 24.0 Å². The van der Waals surface area contributed by atoms with E-state index in [2.05, 4.69) is 0 Å². The zero-order chi connectivity index (χ0) is 13.0. The van der Waals surface area contributed by atoms with Crippen molar-refractivity contribution in [3.05, 3.63) is 45.3 Å². The quantitative estimate of drug-likeness (QED) is 0.373. The number of carbonyl (C=O) groups excluding carboxylic acids is 1. The highest BCUT2D eigenvalue weighted by molar-refractivity contribution is 5.91. The largest absolute Gasteiger partial charge is 0.478 e. The summed E-state index contributed by atoms with van der Waals surface area (Å²) in [4.78, 5) is 30.5.